The van der Waals surface area contributed by atoms with Crippen molar-refractivity contribution in [1.82, 2.24) is 10.9 Å². The molecule has 1 aromatic rings. The van der Waals surface area contributed by atoms with Gasteiger partial charge in [0, 0.05) is 18.9 Å². The summed E-state index contributed by atoms with van der Waals surface area (Å²) < 4.78 is 5.27. The van der Waals surface area contributed by atoms with Crippen molar-refractivity contribution in [3.8, 4) is 0 Å². The molecule has 1 aliphatic carbocycles. The zero-order valence-corrected chi connectivity index (χ0v) is 14.2. The second-order valence-corrected chi connectivity index (χ2v) is 6.36. The maximum Gasteiger partial charge on any atom is 0.306 e. The zero-order chi connectivity index (χ0) is 18.1. The van der Waals surface area contributed by atoms with E-state index < -0.39 is 11.8 Å². The van der Waals surface area contributed by atoms with E-state index in [0.717, 1.165) is 18.4 Å². The fourth-order valence-electron chi connectivity index (χ4n) is 2.47. The van der Waals surface area contributed by atoms with Crippen LogP contribution >= 0.6 is 0 Å². The molecular formula is C18H25N3O4. The molecule has 0 radical (unpaired) electrons. The van der Waals surface area contributed by atoms with Crippen LogP contribution in [0, 0.1) is 11.8 Å². The predicted octanol–water partition coefficient (Wildman–Crippen LogP) is 1.03. The van der Waals surface area contributed by atoms with Gasteiger partial charge in [0.05, 0.1) is 6.42 Å². The summed E-state index contributed by atoms with van der Waals surface area (Å²) in [6, 6.07) is 9.41. The Morgan fingerprint density at radius 3 is 2.56 bits per heavy atom. The Kier molecular flexibility index (Phi) is 7.40. The Morgan fingerprint density at radius 2 is 1.92 bits per heavy atom. The molecule has 1 aromatic carbocycles. The van der Waals surface area contributed by atoms with Gasteiger partial charge in [0.25, 0.3) is 0 Å². The minimum absolute atomic E-state index is 0.0483. The number of hydrazine groups is 1. The highest BCUT2D eigenvalue weighted by Crippen LogP contribution is 2.36. The van der Waals surface area contributed by atoms with Gasteiger partial charge in [-0.3, -0.25) is 19.8 Å². The standard InChI is InChI=1S/C18H25N3O4/c19-16(22)8-9-20-21-18(24)15(10-13-6-7-13)11-17(23)25-12-14-4-2-1-3-5-14/h1-5,13,15,20H,6-12H2,(H2,19,22)(H,21,24)/t15-/m1/s1. The van der Waals surface area contributed by atoms with Gasteiger partial charge in [0.15, 0.2) is 0 Å². The fraction of sp³-hybridized carbons (Fsp3) is 0.500. The van der Waals surface area contributed by atoms with Gasteiger partial charge >= 0.3 is 5.97 Å². The molecule has 0 aromatic heterocycles. The molecular weight excluding hydrogens is 322 g/mol. The number of nitrogens with one attached hydrogen (secondary N) is 2. The average molecular weight is 347 g/mol. The molecule has 1 atom stereocenters. The van der Waals surface area contributed by atoms with Crippen LogP contribution in [-0.4, -0.2) is 24.3 Å². The molecule has 1 aliphatic rings. The topological polar surface area (TPSA) is 111 Å². The first-order valence-corrected chi connectivity index (χ1v) is 8.55. The number of carbonyl (C=O) groups is 3. The van der Waals surface area contributed by atoms with Crippen molar-refractivity contribution in [1.29, 1.82) is 0 Å². The lowest BCUT2D eigenvalue weighted by Gasteiger charge is -2.16. The van der Waals surface area contributed by atoms with E-state index in [2.05, 4.69) is 10.9 Å². The van der Waals surface area contributed by atoms with Gasteiger partial charge < -0.3 is 10.5 Å². The number of carbonyl (C=O) groups excluding carboxylic acids is 3. The van der Waals surface area contributed by atoms with E-state index in [1.807, 2.05) is 30.3 Å². The first kappa shape index (κ1) is 18.9. The number of primary amides is 1. The molecule has 0 heterocycles. The number of hydrogen-bond acceptors (Lipinski definition) is 5. The molecule has 2 rings (SSSR count). The third kappa shape index (κ3) is 7.80. The van der Waals surface area contributed by atoms with Crippen LogP contribution in [0.5, 0.6) is 0 Å². The minimum atomic E-state index is -0.444. The summed E-state index contributed by atoms with van der Waals surface area (Å²) >= 11 is 0. The van der Waals surface area contributed by atoms with Crippen LogP contribution in [0.3, 0.4) is 0 Å². The molecule has 4 N–H and O–H groups in total. The Morgan fingerprint density at radius 1 is 1.20 bits per heavy atom. The maximum absolute atomic E-state index is 12.3. The van der Waals surface area contributed by atoms with Crippen molar-refractivity contribution < 1.29 is 19.1 Å². The molecule has 7 heteroatoms. The Bertz CT molecular complexity index is 587. The molecule has 1 fully saturated rings. The van der Waals surface area contributed by atoms with Gasteiger partial charge in [0.1, 0.15) is 6.61 Å². The molecule has 0 saturated heterocycles. The Labute approximate surface area is 147 Å². The first-order valence-electron chi connectivity index (χ1n) is 8.55. The number of hydrogen-bond donors (Lipinski definition) is 3. The lowest BCUT2D eigenvalue weighted by Crippen LogP contribution is -2.43. The molecule has 136 valence electrons. The summed E-state index contributed by atoms with van der Waals surface area (Å²) in [6.45, 7) is 0.462. The third-order valence-electron chi connectivity index (χ3n) is 4.05. The molecule has 0 aliphatic heterocycles. The lowest BCUT2D eigenvalue weighted by molar-refractivity contribution is -0.148. The average Bonchev–Trinajstić information content (AvgIpc) is 3.41. The fourth-order valence-corrected chi connectivity index (χ4v) is 2.47. The van der Waals surface area contributed by atoms with Gasteiger partial charge in [0.2, 0.25) is 11.8 Å². The van der Waals surface area contributed by atoms with E-state index in [9.17, 15) is 14.4 Å². The highest BCUT2D eigenvalue weighted by Gasteiger charge is 2.31. The summed E-state index contributed by atoms with van der Waals surface area (Å²) in [5.74, 6) is -1.02. The number of ether oxygens (including phenoxy) is 1. The van der Waals surface area contributed by atoms with Crippen LogP contribution in [-0.2, 0) is 25.7 Å². The van der Waals surface area contributed by atoms with E-state index in [0.29, 0.717) is 12.3 Å². The summed E-state index contributed by atoms with van der Waals surface area (Å²) in [6.07, 6.45) is 3.04. The number of esters is 1. The van der Waals surface area contributed by atoms with Gasteiger partial charge in [-0.1, -0.05) is 43.2 Å². The predicted molar refractivity (Wildman–Crippen MR) is 91.6 cm³/mol. The van der Waals surface area contributed by atoms with Crippen LogP contribution < -0.4 is 16.6 Å². The summed E-state index contributed by atoms with van der Waals surface area (Å²) in [7, 11) is 0. The van der Waals surface area contributed by atoms with Crippen molar-refractivity contribution in [2.75, 3.05) is 6.54 Å². The smallest absolute Gasteiger partial charge is 0.306 e. The largest absolute Gasteiger partial charge is 0.461 e. The van der Waals surface area contributed by atoms with Gasteiger partial charge in [-0.05, 0) is 17.9 Å². The van der Waals surface area contributed by atoms with Gasteiger partial charge in [-0.15, -0.1) is 0 Å². The Balaban J connectivity index is 1.76. The molecule has 0 unspecified atom stereocenters. The van der Waals surface area contributed by atoms with E-state index in [1.54, 1.807) is 0 Å². The van der Waals surface area contributed by atoms with Gasteiger partial charge in [-0.25, -0.2) is 5.43 Å². The number of benzene rings is 1. The van der Waals surface area contributed by atoms with E-state index in [4.69, 9.17) is 10.5 Å². The molecule has 0 spiro atoms. The second kappa shape index (κ2) is 9.78. The lowest BCUT2D eigenvalue weighted by atomic mass is 9.98. The van der Waals surface area contributed by atoms with Crippen molar-refractivity contribution in [3.63, 3.8) is 0 Å². The monoisotopic (exact) mass is 347 g/mol. The van der Waals surface area contributed by atoms with E-state index >= 15 is 0 Å². The zero-order valence-electron chi connectivity index (χ0n) is 14.2. The van der Waals surface area contributed by atoms with Crippen molar-refractivity contribution >= 4 is 17.8 Å². The minimum Gasteiger partial charge on any atom is -0.461 e. The molecule has 2 amide bonds. The van der Waals surface area contributed by atoms with Crippen LogP contribution in [0.25, 0.3) is 0 Å². The van der Waals surface area contributed by atoms with Crippen LogP contribution in [0.15, 0.2) is 30.3 Å². The van der Waals surface area contributed by atoms with E-state index in [1.165, 1.54) is 0 Å². The van der Waals surface area contributed by atoms with Crippen molar-refractivity contribution in [3.05, 3.63) is 35.9 Å². The summed E-state index contributed by atoms with van der Waals surface area (Å²) in [4.78, 5) is 35.0. The second-order valence-electron chi connectivity index (χ2n) is 6.36. The molecule has 7 nitrogen and oxygen atoms in total. The normalized spacial score (nSPS) is 14.6. The van der Waals surface area contributed by atoms with E-state index in [-0.39, 0.29) is 37.9 Å². The first-order chi connectivity index (χ1) is 12.0. The van der Waals surface area contributed by atoms with Crippen LogP contribution in [0.2, 0.25) is 0 Å². The van der Waals surface area contributed by atoms with Crippen molar-refractivity contribution in [2.24, 2.45) is 17.6 Å². The van der Waals surface area contributed by atoms with Crippen LogP contribution in [0.4, 0.5) is 0 Å². The Hall–Kier alpha value is -2.41. The van der Waals surface area contributed by atoms with Gasteiger partial charge in [-0.2, -0.15) is 0 Å². The third-order valence-corrected chi connectivity index (χ3v) is 4.05. The van der Waals surface area contributed by atoms with Crippen LogP contribution in [0.1, 0.15) is 37.7 Å². The maximum atomic E-state index is 12.3. The number of amides is 2. The number of nitrogens with two attached hydrogens (primary N) is 1. The quantitative estimate of drug-likeness (QED) is 0.315. The summed E-state index contributed by atoms with van der Waals surface area (Å²) in [5, 5.41) is 0. The SMILES string of the molecule is NC(=O)CCNNC(=O)[C@@H](CC(=O)OCc1ccccc1)CC1CC1. The molecule has 0 bridgehead atoms. The molecule has 25 heavy (non-hydrogen) atoms. The molecule has 1 saturated carbocycles. The highest BCUT2D eigenvalue weighted by atomic mass is 16.5. The number of rotatable bonds is 11. The highest BCUT2D eigenvalue weighted by molar-refractivity contribution is 5.83. The van der Waals surface area contributed by atoms with Crippen molar-refractivity contribution in [2.45, 2.75) is 38.7 Å². The summed E-state index contributed by atoms with van der Waals surface area (Å²) in [5.41, 5.74) is 11.2.